The standard InChI is InChI=1S/C14H24N4O3/c1-17-10-12(8-16-17)11-18(4-6-20-2)14(19)7-13-9-15-3-5-21-13/h8,10,13,15H,3-7,9,11H2,1-2H3/t13-/m0/s1. The predicted molar refractivity (Wildman–Crippen MR) is 77.7 cm³/mol. The van der Waals surface area contributed by atoms with E-state index >= 15 is 0 Å². The zero-order valence-corrected chi connectivity index (χ0v) is 12.7. The molecular weight excluding hydrogens is 272 g/mol. The Hall–Kier alpha value is -1.44. The minimum absolute atomic E-state index is 0.0369. The molecule has 1 saturated heterocycles. The summed E-state index contributed by atoms with van der Waals surface area (Å²) in [6, 6.07) is 0. The average molecular weight is 296 g/mol. The number of nitrogens with one attached hydrogen (secondary N) is 1. The van der Waals surface area contributed by atoms with Crippen molar-refractivity contribution in [2.24, 2.45) is 7.05 Å². The summed E-state index contributed by atoms with van der Waals surface area (Å²) in [7, 11) is 3.51. The molecule has 1 fully saturated rings. The third-order valence-electron chi connectivity index (χ3n) is 3.46. The van der Waals surface area contributed by atoms with Crippen LogP contribution in [0.2, 0.25) is 0 Å². The Bertz CT molecular complexity index is 443. The van der Waals surface area contributed by atoms with Gasteiger partial charge in [-0.15, -0.1) is 0 Å². The SMILES string of the molecule is COCCN(Cc1cnn(C)c1)C(=O)C[C@H]1CNCCO1. The van der Waals surface area contributed by atoms with E-state index in [1.807, 2.05) is 13.2 Å². The van der Waals surface area contributed by atoms with Crippen LogP contribution in [0, 0.1) is 0 Å². The molecular formula is C14H24N4O3. The van der Waals surface area contributed by atoms with Gasteiger partial charge in [0.25, 0.3) is 0 Å². The molecule has 0 saturated carbocycles. The first-order valence-corrected chi connectivity index (χ1v) is 7.25. The fraction of sp³-hybridized carbons (Fsp3) is 0.714. The largest absolute Gasteiger partial charge is 0.383 e. The van der Waals surface area contributed by atoms with Crippen molar-refractivity contribution in [2.45, 2.75) is 19.1 Å². The number of methoxy groups -OCH3 is 1. The van der Waals surface area contributed by atoms with E-state index in [9.17, 15) is 4.79 Å². The number of aryl methyl sites for hydroxylation is 1. The second kappa shape index (κ2) is 8.11. The van der Waals surface area contributed by atoms with Crippen LogP contribution >= 0.6 is 0 Å². The summed E-state index contributed by atoms with van der Waals surface area (Å²) in [5.74, 6) is 0.0876. The summed E-state index contributed by atoms with van der Waals surface area (Å²) >= 11 is 0. The molecule has 1 amide bonds. The molecule has 7 heteroatoms. The van der Waals surface area contributed by atoms with Crippen molar-refractivity contribution in [1.82, 2.24) is 20.0 Å². The number of carbonyl (C=O) groups excluding carboxylic acids is 1. The highest BCUT2D eigenvalue weighted by atomic mass is 16.5. The topological polar surface area (TPSA) is 68.6 Å². The molecule has 1 N–H and O–H groups in total. The number of amides is 1. The maximum absolute atomic E-state index is 12.5. The van der Waals surface area contributed by atoms with E-state index in [2.05, 4.69) is 10.4 Å². The van der Waals surface area contributed by atoms with E-state index in [4.69, 9.17) is 9.47 Å². The molecule has 0 radical (unpaired) electrons. The summed E-state index contributed by atoms with van der Waals surface area (Å²) in [6.45, 7) is 3.90. The van der Waals surface area contributed by atoms with Gasteiger partial charge in [0.15, 0.2) is 0 Å². The Morgan fingerprint density at radius 2 is 2.52 bits per heavy atom. The van der Waals surface area contributed by atoms with Crippen molar-refractivity contribution >= 4 is 5.91 Å². The third kappa shape index (κ3) is 5.11. The lowest BCUT2D eigenvalue weighted by Crippen LogP contribution is -2.43. The van der Waals surface area contributed by atoms with Gasteiger partial charge in [0.1, 0.15) is 0 Å². The van der Waals surface area contributed by atoms with Gasteiger partial charge in [-0.05, 0) is 0 Å². The van der Waals surface area contributed by atoms with Crippen molar-refractivity contribution in [3.05, 3.63) is 18.0 Å². The highest BCUT2D eigenvalue weighted by Gasteiger charge is 2.21. The van der Waals surface area contributed by atoms with Gasteiger partial charge in [-0.25, -0.2) is 0 Å². The number of ether oxygens (including phenoxy) is 2. The fourth-order valence-corrected chi connectivity index (χ4v) is 2.34. The molecule has 0 aliphatic carbocycles. The molecule has 0 spiro atoms. The highest BCUT2D eigenvalue weighted by molar-refractivity contribution is 5.76. The molecule has 0 unspecified atom stereocenters. The molecule has 1 atom stereocenters. The number of rotatable bonds is 7. The fourth-order valence-electron chi connectivity index (χ4n) is 2.34. The second-order valence-electron chi connectivity index (χ2n) is 5.23. The van der Waals surface area contributed by atoms with E-state index in [0.717, 1.165) is 18.7 Å². The Labute approximate surface area is 125 Å². The maximum Gasteiger partial charge on any atom is 0.225 e. The Balaban J connectivity index is 1.91. The number of carbonyl (C=O) groups is 1. The van der Waals surface area contributed by atoms with Gasteiger partial charge in [0, 0.05) is 52.1 Å². The van der Waals surface area contributed by atoms with Crippen LogP contribution in [-0.4, -0.2) is 66.6 Å². The Morgan fingerprint density at radius 1 is 1.67 bits per heavy atom. The first-order chi connectivity index (χ1) is 10.2. The summed E-state index contributed by atoms with van der Waals surface area (Å²) in [4.78, 5) is 14.3. The molecule has 1 aliphatic rings. The summed E-state index contributed by atoms with van der Waals surface area (Å²) in [5, 5.41) is 7.38. The van der Waals surface area contributed by atoms with Crippen LogP contribution in [-0.2, 0) is 27.9 Å². The van der Waals surface area contributed by atoms with Gasteiger partial charge in [-0.1, -0.05) is 0 Å². The van der Waals surface area contributed by atoms with Crippen LogP contribution in [0.15, 0.2) is 12.4 Å². The number of nitrogens with zero attached hydrogens (tertiary/aromatic N) is 3. The van der Waals surface area contributed by atoms with Crippen LogP contribution < -0.4 is 5.32 Å². The second-order valence-corrected chi connectivity index (χ2v) is 5.23. The minimum atomic E-state index is -0.0369. The maximum atomic E-state index is 12.5. The number of morpholine rings is 1. The summed E-state index contributed by atoms with van der Waals surface area (Å²) in [6.07, 6.45) is 4.07. The molecule has 0 bridgehead atoms. The van der Waals surface area contributed by atoms with Crippen molar-refractivity contribution in [1.29, 1.82) is 0 Å². The molecule has 0 aromatic carbocycles. The Morgan fingerprint density at radius 3 is 3.14 bits per heavy atom. The van der Waals surface area contributed by atoms with Crippen LogP contribution in [0.5, 0.6) is 0 Å². The van der Waals surface area contributed by atoms with Crippen LogP contribution in [0.4, 0.5) is 0 Å². The smallest absolute Gasteiger partial charge is 0.225 e. The minimum Gasteiger partial charge on any atom is -0.383 e. The van der Waals surface area contributed by atoms with Crippen LogP contribution in [0.25, 0.3) is 0 Å². The van der Waals surface area contributed by atoms with Gasteiger partial charge in [0.2, 0.25) is 5.91 Å². The Kier molecular flexibility index (Phi) is 6.16. The molecule has 118 valence electrons. The normalized spacial score (nSPS) is 18.7. The lowest BCUT2D eigenvalue weighted by Gasteiger charge is -2.27. The van der Waals surface area contributed by atoms with E-state index in [1.165, 1.54) is 0 Å². The molecule has 1 aromatic heterocycles. The lowest BCUT2D eigenvalue weighted by molar-refractivity contribution is -0.136. The molecule has 1 aromatic rings. The first kappa shape index (κ1) is 15.9. The zero-order chi connectivity index (χ0) is 15.1. The van der Waals surface area contributed by atoms with E-state index < -0.39 is 0 Å². The molecule has 2 rings (SSSR count). The highest BCUT2D eigenvalue weighted by Crippen LogP contribution is 2.09. The number of hydrogen-bond donors (Lipinski definition) is 1. The average Bonchev–Trinajstić information content (AvgIpc) is 2.89. The first-order valence-electron chi connectivity index (χ1n) is 7.25. The number of aromatic nitrogens is 2. The van der Waals surface area contributed by atoms with E-state index in [1.54, 1.807) is 22.9 Å². The number of hydrogen-bond acceptors (Lipinski definition) is 5. The van der Waals surface area contributed by atoms with Crippen molar-refractivity contribution in [3.63, 3.8) is 0 Å². The van der Waals surface area contributed by atoms with Crippen LogP contribution in [0.3, 0.4) is 0 Å². The van der Waals surface area contributed by atoms with Crippen LogP contribution in [0.1, 0.15) is 12.0 Å². The van der Waals surface area contributed by atoms with E-state index in [-0.39, 0.29) is 12.0 Å². The molecule has 2 heterocycles. The van der Waals surface area contributed by atoms with Crippen molar-refractivity contribution in [3.8, 4) is 0 Å². The lowest BCUT2D eigenvalue weighted by atomic mass is 10.2. The molecule has 1 aliphatic heterocycles. The van der Waals surface area contributed by atoms with Gasteiger partial charge >= 0.3 is 0 Å². The van der Waals surface area contributed by atoms with E-state index in [0.29, 0.717) is 32.7 Å². The monoisotopic (exact) mass is 296 g/mol. The van der Waals surface area contributed by atoms with Gasteiger partial charge in [-0.3, -0.25) is 9.48 Å². The van der Waals surface area contributed by atoms with Crippen molar-refractivity contribution < 1.29 is 14.3 Å². The summed E-state index contributed by atoms with van der Waals surface area (Å²) in [5.41, 5.74) is 1.02. The van der Waals surface area contributed by atoms with Gasteiger partial charge in [0.05, 0.1) is 31.9 Å². The predicted octanol–water partition coefficient (Wildman–Crippen LogP) is -0.226. The molecule has 7 nitrogen and oxygen atoms in total. The van der Waals surface area contributed by atoms with Gasteiger partial charge in [-0.2, -0.15) is 5.10 Å². The third-order valence-corrected chi connectivity index (χ3v) is 3.46. The van der Waals surface area contributed by atoms with Crippen molar-refractivity contribution in [2.75, 3.05) is 40.0 Å². The zero-order valence-electron chi connectivity index (χ0n) is 12.7. The molecule has 21 heavy (non-hydrogen) atoms. The van der Waals surface area contributed by atoms with Gasteiger partial charge < -0.3 is 19.7 Å². The quantitative estimate of drug-likeness (QED) is 0.753. The summed E-state index contributed by atoms with van der Waals surface area (Å²) < 4.78 is 12.4.